The molecule has 9 nitrogen and oxygen atoms in total. The first kappa shape index (κ1) is 38.9. The summed E-state index contributed by atoms with van der Waals surface area (Å²) >= 11 is 13.4. The van der Waals surface area contributed by atoms with Gasteiger partial charge in [0.2, 0.25) is 5.91 Å². The van der Waals surface area contributed by atoms with Crippen LogP contribution in [0, 0.1) is 5.92 Å². The molecule has 0 aromatic heterocycles. The van der Waals surface area contributed by atoms with Crippen molar-refractivity contribution in [3.63, 3.8) is 0 Å². The van der Waals surface area contributed by atoms with E-state index >= 15 is 0 Å². The fourth-order valence-corrected chi connectivity index (χ4v) is 8.68. The number of halogens is 3. The van der Waals surface area contributed by atoms with Crippen LogP contribution in [0.15, 0.2) is 76.0 Å². The van der Waals surface area contributed by atoms with Crippen LogP contribution in [0.3, 0.4) is 0 Å². The van der Waals surface area contributed by atoms with E-state index in [1.807, 2.05) is 6.07 Å². The molecule has 1 saturated carbocycles. The molecule has 0 bridgehead atoms. The number of ether oxygens (including phenoxy) is 2. The fourth-order valence-electron chi connectivity index (χ4n) is 6.95. The number of benzene rings is 2. The van der Waals surface area contributed by atoms with Crippen LogP contribution in [-0.2, 0) is 34.7 Å². The number of amides is 1. The van der Waals surface area contributed by atoms with Gasteiger partial charge in [-0.05, 0) is 62.4 Å². The number of carbonyl (C=O) groups is 3. The number of carbonyl (C=O) groups excluding carboxylic acids is 3. The van der Waals surface area contributed by atoms with E-state index in [0.29, 0.717) is 24.0 Å². The molecule has 0 unspecified atom stereocenters. The Morgan fingerprint density at radius 2 is 1.45 bits per heavy atom. The third-order valence-electron chi connectivity index (χ3n) is 9.51. The Balaban J connectivity index is 0.00000541. The van der Waals surface area contributed by atoms with Gasteiger partial charge in [0.1, 0.15) is 0 Å². The normalized spacial score (nSPS) is 19.5. The molecule has 13 heteroatoms. The molecule has 1 saturated heterocycles. The first-order valence-corrected chi connectivity index (χ1v) is 18.6. The van der Waals surface area contributed by atoms with Crippen LogP contribution in [0.5, 0.6) is 0 Å². The SMILES string of the molecule is COC(=O)C1=C(CC(=O)N2CCC(NCC3CCCCC3)CC2)NC(C[S@](=O)c2ccccc2)=C(C(=O)OC)[C@H]1c1c(Cl)cccc1Cl.Cl. The van der Waals surface area contributed by atoms with Crippen LogP contribution in [0.2, 0.25) is 10.0 Å². The summed E-state index contributed by atoms with van der Waals surface area (Å²) in [5, 5.41) is 7.31. The Hall–Kier alpha value is -2.89. The number of hydrogen-bond donors (Lipinski definition) is 2. The van der Waals surface area contributed by atoms with Crippen molar-refractivity contribution in [2.45, 2.75) is 68.2 Å². The third kappa shape index (κ3) is 9.47. The maximum atomic E-state index is 13.9. The summed E-state index contributed by atoms with van der Waals surface area (Å²) in [6, 6.07) is 14.0. The summed E-state index contributed by atoms with van der Waals surface area (Å²) in [5.74, 6) is -2.27. The van der Waals surface area contributed by atoms with Crippen molar-refractivity contribution in [3.8, 4) is 0 Å². The average molecular weight is 753 g/mol. The van der Waals surface area contributed by atoms with Crippen LogP contribution < -0.4 is 10.6 Å². The number of dihydropyridines is 1. The Morgan fingerprint density at radius 3 is 2.04 bits per heavy atom. The van der Waals surface area contributed by atoms with Crippen LogP contribution in [0.4, 0.5) is 0 Å². The van der Waals surface area contributed by atoms with E-state index in [2.05, 4.69) is 10.6 Å². The van der Waals surface area contributed by atoms with E-state index in [9.17, 15) is 18.6 Å². The smallest absolute Gasteiger partial charge is 0.336 e. The minimum atomic E-state index is -1.60. The second-order valence-corrected chi connectivity index (χ2v) is 14.8. The molecule has 2 fully saturated rings. The minimum absolute atomic E-state index is 0. The molecule has 49 heavy (non-hydrogen) atoms. The number of methoxy groups -OCH3 is 2. The van der Waals surface area contributed by atoms with E-state index < -0.39 is 28.7 Å². The first-order chi connectivity index (χ1) is 23.2. The zero-order valence-corrected chi connectivity index (χ0v) is 31.0. The highest BCUT2D eigenvalue weighted by molar-refractivity contribution is 7.85. The third-order valence-corrected chi connectivity index (χ3v) is 11.5. The molecular weight excluding hydrogens is 709 g/mol. The van der Waals surface area contributed by atoms with Crippen molar-refractivity contribution in [1.29, 1.82) is 0 Å². The molecule has 2 aliphatic heterocycles. The Morgan fingerprint density at radius 1 is 0.857 bits per heavy atom. The Labute approximate surface area is 307 Å². The lowest BCUT2D eigenvalue weighted by Gasteiger charge is -2.36. The number of nitrogens with zero attached hydrogens (tertiary/aromatic N) is 1. The molecule has 2 N–H and O–H groups in total. The van der Waals surface area contributed by atoms with Gasteiger partial charge in [-0.2, -0.15) is 0 Å². The molecule has 2 aromatic rings. The maximum Gasteiger partial charge on any atom is 0.336 e. The number of esters is 2. The van der Waals surface area contributed by atoms with E-state index in [4.69, 9.17) is 32.7 Å². The minimum Gasteiger partial charge on any atom is -0.466 e. The van der Waals surface area contributed by atoms with Crippen molar-refractivity contribution in [1.82, 2.24) is 15.5 Å². The van der Waals surface area contributed by atoms with Gasteiger partial charge in [-0.15, -0.1) is 12.4 Å². The van der Waals surface area contributed by atoms with E-state index in [1.165, 1.54) is 46.3 Å². The zero-order valence-electron chi connectivity index (χ0n) is 27.8. The van der Waals surface area contributed by atoms with Crippen LogP contribution >= 0.6 is 35.6 Å². The molecule has 1 amide bonds. The summed E-state index contributed by atoms with van der Waals surface area (Å²) in [5.41, 5.74) is 0.780. The number of nitrogens with one attached hydrogen (secondary N) is 2. The summed E-state index contributed by atoms with van der Waals surface area (Å²) < 4.78 is 24.1. The van der Waals surface area contributed by atoms with Gasteiger partial charge >= 0.3 is 11.9 Å². The van der Waals surface area contributed by atoms with E-state index in [-0.39, 0.29) is 68.6 Å². The summed E-state index contributed by atoms with van der Waals surface area (Å²) in [6.45, 7) is 2.18. The number of rotatable bonds is 11. The molecular formula is C36H44Cl3N3O6S. The Bertz CT molecular complexity index is 1570. The van der Waals surface area contributed by atoms with Gasteiger partial charge in [-0.25, -0.2) is 9.59 Å². The average Bonchev–Trinajstić information content (AvgIpc) is 3.11. The van der Waals surface area contributed by atoms with Crippen LogP contribution in [-0.4, -0.2) is 72.6 Å². The summed E-state index contributed by atoms with van der Waals surface area (Å²) in [7, 11) is 0.850. The van der Waals surface area contributed by atoms with Crippen molar-refractivity contribution < 1.29 is 28.1 Å². The van der Waals surface area contributed by atoms with Crippen molar-refractivity contribution >= 4 is 64.3 Å². The number of likely N-dealkylation sites (tertiary alicyclic amines) is 1. The van der Waals surface area contributed by atoms with E-state index in [1.54, 1.807) is 47.4 Å². The molecule has 2 atom stereocenters. The zero-order chi connectivity index (χ0) is 34.2. The maximum absolute atomic E-state index is 13.9. The van der Waals surface area contributed by atoms with Crippen molar-refractivity contribution in [3.05, 3.63) is 86.7 Å². The second-order valence-electron chi connectivity index (χ2n) is 12.5. The van der Waals surface area contributed by atoms with Gasteiger partial charge in [0, 0.05) is 51.0 Å². The topological polar surface area (TPSA) is 114 Å². The number of hydrogen-bond acceptors (Lipinski definition) is 8. The molecule has 266 valence electrons. The van der Waals surface area contributed by atoms with Gasteiger partial charge < -0.3 is 25.0 Å². The second kappa shape index (κ2) is 18.4. The predicted octanol–water partition coefficient (Wildman–Crippen LogP) is 6.32. The lowest BCUT2D eigenvalue weighted by Crippen LogP contribution is -2.46. The predicted molar refractivity (Wildman–Crippen MR) is 194 cm³/mol. The fraction of sp³-hybridized carbons (Fsp3) is 0.472. The highest BCUT2D eigenvalue weighted by Gasteiger charge is 2.42. The van der Waals surface area contributed by atoms with Crippen LogP contribution in [0.25, 0.3) is 0 Å². The molecule has 0 spiro atoms. The summed E-state index contributed by atoms with van der Waals surface area (Å²) in [6.07, 6.45) is 7.99. The van der Waals surface area contributed by atoms with Crippen LogP contribution in [0.1, 0.15) is 62.8 Å². The van der Waals surface area contributed by atoms with Gasteiger partial charge in [-0.3, -0.25) is 9.00 Å². The molecule has 5 rings (SSSR count). The quantitative estimate of drug-likeness (QED) is 0.257. The lowest BCUT2D eigenvalue weighted by atomic mass is 9.79. The van der Waals surface area contributed by atoms with Gasteiger partial charge in [-0.1, -0.05) is 66.7 Å². The van der Waals surface area contributed by atoms with Gasteiger partial charge in [0.15, 0.2) is 0 Å². The standard InChI is InChI=1S/C36H43Cl2N3O6S.ClH/c1-46-35(43)32-28(20-30(42)41-18-16-24(17-19-41)39-21-23-10-5-3-6-11-23)40-29(22-48(45)25-12-7-4-8-13-25)33(36(44)47-2)34(32)31-26(37)14-9-15-27(31)38;/h4,7-9,12-15,23-24,34,39-40H,3,5-6,10-11,16-22H2,1-2H3;1H/t34-,48-;/m0./s1. The monoisotopic (exact) mass is 751 g/mol. The molecule has 1 aliphatic carbocycles. The molecule has 2 aromatic carbocycles. The lowest BCUT2D eigenvalue weighted by molar-refractivity contribution is -0.137. The van der Waals surface area contributed by atoms with Crippen molar-refractivity contribution in [2.75, 3.05) is 39.6 Å². The largest absolute Gasteiger partial charge is 0.466 e. The highest BCUT2D eigenvalue weighted by Crippen LogP contribution is 2.45. The first-order valence-electron chi connectivity index (χ1n) is 16.5. The molecule has 2 heterocycles. The molecule has 3 aliphatic rings. The summed E-state index contributed by atoms with van der Waals surface area (Å²) in [4.78, 5) is 43.4. The van der Waals surface area contributed by atoms with Gasteiger partial charge in [0.25, 0.3) is 0 Å². The van der Waals surface area contributed by atoms with Crippen molar-refractivity contribution in [2.24, 2.45) is 5.92 Å². The van der Waals surface area contributed by atoms with E-state index in [0.717, 1.165) is 25.3 Å². The molecule has 0 radical (unpaired) electrons. The number of piperidine rings is 1. The van der Waals surface area contributed by atoms with Gasteiger partial charge in [0.05, 0.1) is 54.3 Å². The highest BCUT2D eigenvalue weighted by atomic mass is 35.5. The Kier molecular flexibility index (Phi) is 14.6.